The lowest BCUT2D eigenvalue weighted by atomic mass is 9.98. The smallest absolute Gasteiger partial charge is 0.360 e. The molecule has 0 radical (unpaired) electrons. The number of hydrogen-bond donors (Lipinski definition) is 3. The molecule has 24 heavy (non-hydrogen) atoms. The maximum absolute atomic E-state index is 11.4. The van der Waals surface area contributed by atoms with Crippen LogP contribution in [0.4, 0.5) is 0 Å². The first kappa shape index (κ1) is 17.1. The Balaban J connectivity index is 1.68. The maximum Gasteiger partial charge on any atom is 0.360 e. The molecule has 1 aromatic heterocycles. The molecule has 10 nitrogen and oxygen atoms in total. The number of carbonyl (C=O) groups is 1. The normalized spacial score (nSPS) is 32.2. The van der Waals surface area contributed by atoms with Crippen molar-refractivity contribution in [2.45, 2.75) is 43.3 Å². The summed E-state index contributed by atoms with van der Waals surface area (Å²) in [6, 6.07) is -0.517. The molecule has 5 atom stereocenters. The van der Waals surface area contributed by atoms with Crippen LogP contribution in [0.2, 0.25) is 0 Å². The first-order valence-electron chi connectivity index (χ1n) is 7.51. The summed E-state index contributed by atoms with van der Waals surface area (Å²) in [6.07, 6.45) is -1.46. The van der Waals surface area contributed by atoms with Gasteiger partial charge in [-0.25, -0.2) is 9.48 Å². The molecule has 0 aliphatic carbocycles. The summed E-state index contributed by atoms with van der Waals surface area (Å²) in [5, 5.41) is 31.9. The van der Waals surface area contributed by atoms with Gasteiger partial charge in [-0.2, -0.15) is 0 Å². The number of nitrogens with one attached hydrogen (secondary N) is 1. The van der Waals surface area contributed by atoms with Gasteiger partial charge in [-0.15, -0.1) is 5.10 Å². The van der Waals surface area contributed by atoms with Crippen LogP contribution in [-0.4, -0.2) is 79.8 Å². The Morgan fingerprint density at radius 3 is 3.00 bits per heavy atom. The van der Waals surface area contributed by atoms with Gasteiger partial charge in [0.1, 0.15) is 29.8 Å². The van der Waals surface area contributed by atoms with Crippen LogP contribution < -0.4 is 5.32 Å². The molecule has 2 aliphatic rings. The van der Waals surface area contributed by atoms with Crippen LogP contribution in [0.15, 0.2) is 11.2 Å². The lowest BCUT2D eigenvalue weighted by molar-refractivity contribution is -0.157. The van der Waals surface area contributed by atoms with E-state index in [0.717, 1.165) is 0 Å². The average Bonchev–Trinajstić information content (AvgIpc) is 3.19. The first-order chi connectivity index (χ1) is 11.5. The number of amidine groups is 1. The molecule has 0 saturated carbocycles. The number of thioether (sulfide) groups is 1. The fraction of sp³-hybridized carbons (Fsp3) is 0.692. The molecule has 0 unspecified atom stereocenters. The quantitative estimate of drug-likeness (QED) is 0.556. The molecule has 0 amide bonds. The number of methoxy groups -OCH3 is 1. The van der Waals surface area contributed by atoms with Crippen molar-refractivity contribution < 1.29 is 24.5 Å². The molecule has 1 saturated heterocycles. The topological polar surface area (TPSA) is 131 Å². The number of nitrogens with zero attached hydrogens (tertiary/aromatic N) is 4. The third-order valence-electron chi connectivity index (χ3n) is 3.79. The Kier molecular flexibility index (Phi) is 5.04. The van der Waals surface area contributed by atoms with E-state index in [1.807, 2.05) is 6.92 Å². The molecular formula is C13H19N5O5S. The molecule has 3 rings (SSSR count). The summed E-state index contributed by atoms with van der Waals surface area (Å²) < 4.78 is 11.8. The van der Waals surface area contributed by atoms with Gasteiger partial charge >= 0.3 is 5.97 Å². The molecule has 132 valence electrons. The summed E-state index contributed by atoms with van der Waals surface area (Å²) in [5.41, 5.74) is -0.319. The van der Waals surface area contributed by atoms with Crippen molar-refractivity contribution in [3.63, 3.8) is 0 Å². The van der Waals surface area contributed by atoms with Gasteiger partial charge in [0, 0.05) is 6.54 Å². The third-order valence-corrected chi connectivity index (χ3v) is 4.89. The van der Waals surface area contributed by atoms with E-state index in [1.54, 1.807) is 0 Å². The second-order valence-corrected chi connectivity index (χ2v) is 6.50. The van der Waals surface area contributed by atoms with Crippen molar-refractivity contribution in [1.82, 2.24) is 20.3 Å². The minimum absolute atomic E-state index is 0.0641. The zero-order chi connectivity index (χ0) is 17.3. The monoisotopic (exact) mass is 357 g/mol. The molecule has 2 aliphatic heterocycles. The molecular weight excluding hydrogens is 338 g/mol. The van der Waals surface area contributed by atoms with Gasteiger partial charge in [-0.1, -0.05) is 17.0 Å². The van der Waals surface area contributed by atoms with Gasteiger partial charge in [-0.3, -0.25) is 4.99 Å². The fourth-order valence-corrected chi connectivity index (χ4v) is 3.78. The highest BCUT2D eigenvalue weighted by Crippen LogP contribution is 2.36. The van der Waals surface area contributed by atoms with Crippen molar-refractivity contribution in [2.24, 2.45) is 4.99 Å². The van der Waals surface area contributed by atoms with E-state index in [0.29, 0.717) is 11.7 Å². The minimum Gasteiger partial charge on any atom is -0.464 e. The van der Waals surface area contributed by atoms with Gasteiger partial charge in [0.15, 0.2) is 10.9 Å². The Bertz CT molecular complexity index is 638. The fourth-order valence-electron chi connectivity index (χ4n) is 2.59. The van der Waals surface area contributed by atoms with E-state index in [1.165, 1.54) is 29.8 Å². The zero-order valence-corrected chi connectivity index (χ0v) is 14.0. The lowest BCUT2D eigenvalue weighted by Gasteiger charge is -2.38. The Morgan fingerprint density at radius 1 is 1.50 bits per heavy atom. The molecule has 11 heteroatoms. The second-order valence-electron chi connectivity index (χ2n) is 5.41. The summed E-state index contributed by atoms with van der Waals surface area (Å²) in [6.45, 7) is 2.80. The number of rotatable bonds is 4. The average molecular weight is 357 g/mol. The SMILES string of the molecule is CCNC1=N[C@@H]2[C@@H](O)[C@H](O)[C@@H](Cn3cc(C(=O)OC)nn3)O[C@@H]2S1. The number of carbonyl (C=O) groups excluding carboxylic acids is 1. The predicted molar refractivity (Wildman–Crippen MR) is 84.5 cm³/mol. The van der Waals surface area contributed by atoms with Gasteiger partial charge in [0.25, 0.3) is 0 Å². The molecule has 1 aromatic rings. The van der Waals surface area contributed by atoms with Crippen LogP contribution in [0, 0.1) is 0 Å². The summed E-state index contributed by atoms with van der Waals surface area (Å²) >= 11 is 1.38. The Hall–Kier alpha value is -1.69. The standard InChI is InChI=1S/C13H19N5O5S/c1-3-14-13-15-8-10(20)9(19)7(23-12(8)24-13)5-18-4-6(16-17-18)11(21)22-2/h4,7-10,12,19-20H,3,5H2,1-2H3,(H,14,15)/t7-,8-,9-,10-,12-/m1/s1. The highest BCUT2D eigenvalue weighted by atomic mass is 32.2. The highest BCUT2D eigenvalue weighted by molar-refractivity contribution is 8.14. The number of ether oxygens (including phenoxy) is 2. The lowest BCUT2D eigenvalue weighted by Crippen LogP contribution is -2.55. The Morgan fingerprint density at radius 2 is 2.29 bits per heavy atom. The van der Waals surface area contributed by atoms with Crippen molar-refractivity contribution in [2.75, 3.05) is 13.7 Å². The molecule has 0 bridgehead atoms. The van der Waals surface area contributed by atoms with Crippen molar-refractivity contribution in [1.29, 1.82) is 0 Å². The number of esters is 1. The van der Waals surface area contributed by atoms with Gasteiger partial charge < -0.3 is 25.0 Å². The van der Waals surface area contributed by atoms with Crippen molar-refractivity contribution in [3.05, 3.63) is 11.9 Å². The first-order valence-corrected chi connectivity index (χ1v) is 8.39. The van der Waals surface area contributed by atoms with Crippen molar-refractivity contribution >= 4 is 22.9 Å². The molecule has 0 spiro atoms. The number of fused-ring (bicyclic) bond motifs is 1. The highest BCUT2D eigenvalue weighted by Gasteiger charge is 2.48. The second kappa shape index (κ2) is 7.05. The van der Waals surface area contributed by atoms with E-state index < -0.39 is 30.3 Å². The van der Waals surface area contributed by atoms with Crippen LogP contribution in [0.1, 0.15) is 17.4 Å². The molecule has 1 fully saturated rings. The summed E-state index contributed by atoms with van der Waals surface area (Å²) in [5.74, 6) is -0.596. The largest absolute Gasteiger partial charge is 0.464 e. The van der Waals surface area contributed by atoms with E-state index >= 15 is 0 Å². The zero-order valence-electron chi connectivity index (χ0n) is 13.2. The number of hydrogen-bond acceptors (Lipinski definition) is 10. The van der Waals surface area contributed by atoms with E-state index in [-0.39, 0.29) is 17.7 Å². The molecule has 3 N–H and O–H groups in total. The number of aromatic nitrogens is 3. The van der Waals surface area contributed by atoms with Crippen LogP contribution in [0.5, 0.6) is 0 Å². The third kappa shape index (κ3) is 3.24. The van der Waals surface area contributed by atoms with Crippen LogP contribution in [0.25, 0.3) is 0 Å². The van der Waals surface area contributed by atoms with Crippen molar-refractivity contribution in [3.8, 4) is 0 Å². The minimum atomic E-state index is -1.12. The predicted octanol–water partition coefficient (Wildman–Crippen LogP) is -1.41. The van der Waals surface area contributed by atoms with Crippen LogP contribution in [0.3, 0.4) is 0 Å². The van der Waals surface area contributed by atoms with E-state index in [2.05, 4.69) is 25.4 Å². The number of aliphatic hydroxyl groups excluding tert-OH is 2. The number of aliphatic imine (C=N–C) groups is 1. The molecule has 3 heterocycles. The number of aliphatic hydroxyl groups is 2. The molecule has 0 aromatic carbocycles. The van der Waals surface area contributed by atoms with E-state index in [4.69, 9.17) is 4.74 Å². The Labute approximate surface area is 142 Å². The van der Waals surface area contributed by atoms with E-state index in [9.17, 15) is 15.0 Å². The van der Waals surface area contributed by atoms with Gasteiger partial charge in [0.05, 0.1) is 19.9 Å². The van der Waals surface area contributed by atoms with Crippen LogP contribution in [-0.2, 0) is 16.0 Å². The van der Waals surface area contributed by atoms with Crippen LogP contribution >= 0.6 is 11.8 Å². The van der Waals surface area contributed by atoms with Gasteiger partial charge in [-0.05, 0) is 6.92 Å². The summed E-state index contributed by atoms with van der Waals surface area (Å²) in [4.78, 5) is 15.7. The summed E-state index contributed by atoms with van der Waals surface area (Å²) in [7, 11) is 1.26. The maximum atomic E-state index is 11.4. The van der Waals surface area contributed by atoms with Gasteiger partial charge in [0.2, 0.25) is 0 Å².